The number of hydrogen-bond donors (Lipinski definition) is 1. The number of carbonyl (C=O) groups is 1. The fourth-order valence-corrected chi connectivity index (χ4v) is 2.11. The van der Waals surface area contributed by atoms with E-state index in [1.165, 1.54) is 0 Å². The lowest BCUT2D eigenvalue weighted by Gasteiger charge is -2.16. The zero-order valence-corrected chi connectivity index (χ0v) is 8.70. The Balaban J connectivity index is 2.58. The van der Waals surface area contributed by atoms with Crippen molar-refractivity contribution in [2.24, 2.45) is 11.8 Å². The van der Waals surface area contributed by atoms with Gasteiger partial charge in [-0.1, -0.05) is 24.3 Å². The van der Waals surface area contributed by atoms with Crippen LogP contribution in [0, 0.1) is 11.8 Å². The van der Waals surface area contributed by atoms with Crippen molar-refractivity contribution in [2.75, 3.05) is 6.61 Å². The predicted octanol–water partition coefficient (Wildman–Crippen LogP) is 2.10. The topological polar surface area (TPSA) is 37.3 Å². The molecule has 1 fully saturated rings. The maximum atomic E-state index is 11.5. The maximum absolute atomic E-state index is 11.5. The average molecular weight is 194 g/mol. The van der Waals surface area contributed by atoms with Gasteiger partial charge in [0.25, 0.3) is 0 Å². The fraction of sp³-hybridized carbons (Fsp3) is 0.583. The summed E-state index contributed by atoms with van der Waals surface area (Å²) in [4.78, 5) is 11.5. The molecular weight excluding hydrogens is 176 g/mol. The van der Waals surface area contributed by atoms with E-state index in [0.29, 0.717) is 18.1 Å². The van der Waals surface area contributed by atoms with Crippen molar-refractivity contribution in [1.29, 1.82) is 0 Å². The molecule has 78 valence electrons. The van der Waals surface area contributed by atoms with E-state index in [9.17, 15) is 4.79 Å². The number of rotatable bonds is 4. The normalized spacial score (nSPS) is 27.4. The number of aliphatic hydroxyl groups is 1. The van der Waals surface area contributed by atoms with Crippen LogP contribution in [0.1, 0.15) is 26.2 Å². The van der Waals surface area contributed by atoms with Gasteiger partial charge >= 0.3 is 0 Å². The molecule has 0 saturated heterocycles. The van der Waals surface area contributed by atoms with E-state index < -0.39 is 0 Å². The van der Waals surface area contributed by atoms with E-state index in [-0.39, 0.29) is 12.5 Å². The van der Waals surface area contributed by atoms with Gasteiger partial charge in [-0.05, 0) is 25.7 Å². The van der Waals surface area contributed by atoms with E-state index >= 15 is 0 Å². The molecule has 2 heteroatoms. The highest BCUT2D eigenvalue weighted by molar-refractivity contribution is 5.84. The Hall–Kier alpha value is -0.890. The monoisotopic (exact) mass is 194 g/mol. The highest BCUT2D eigenvalue weighted by atomic mass is 16.2. The number of hydrogen-bond acceptors (Lipinski definition) is 2. The highest BCUT2D eigenvalue weighted by Crippen LogP contribution is 2.35. The van der Waals surface area contributed by atoms with E-state index in [4.69, 9.17) is 5.11 Å². The van der Waals surface area contributed by atoms with Crippen LogP contribution in [0.15, 0.2) is 24.3 Å². The summed E-state index contributed by atoms with van der Waals surface area (Å²) < 4.78 is 0. The SMILES string of the molecule is C=C(C)[C@H]1CCC(=O)[C@H]1C/C=C\CO. The third-order valence-corrected chi connectivity index (χ3v) is 2.90. The van der Waals surface area contributed by atoms with Crippen LogP contribution < -0.4 is 0 Å². The molecule has 1 N–H and O–H groups in total. The number of ketones is 1. The van der Waals surface area contributed by atoms with Gasteiger partial charge in [-0.3, -0.25) is 4.79 Å². The Bertz CT molecular complexity index is 253. The molecule has 0 bridgehead atoms. The maximum Gasteiger partial charge on any atom is 0.136 e. The summed E-state index contributed by atoms with van der Waals surface area (Å²) in [5, 5.41) is 8.59. The van der Waals surface area contributed by atoms with Crippen molar-refractivity contribution >= 4 is 5.78 Å². The Morgan fingerprint density at radius 3 is 2.93 bits per heavy atom. The smallest absolute Gasteiger partial charge is 0.136 e. The fourth-order valence-electron chi connectivity index (χ4n) is 2.11. The lowest BCUT2D eigenvalue weighted by molar-refractivity contribution is -0.120. The molecule has 1 aliphatic rings. The van der Waals surface area contributed by atoms with Crippen LogP contribution in [0.25, 0.3) is 0 Å². The second-order valence-corrected chi connectivity index (χ2v) is 3.95. The van der Waals surface area contributed by atoms with Gasteiger partial charge in [0.05, 0.1) is 6.61 Å². The lowest BCUT2D eigenvalue weighted by atomic mass is 9.87. The zero-order valence-electron chi connectivity index (χ0n) is 8.70. The van der Waals surface area contributed by atoms with E-state index in [1.54, 1.807) is 6.08 Å². The average Bonchev–Trinajstić information content (AvgIpc) is 2.48. The van der Waals surface area contributed by atoms with Crippen LogP contribution in [-0.2, 0) is 4.79 Å². The first-order valence-electron chi connectivity index (χ1n) is 5.10. The van der Waals surface area contributed by atoms with Crippen molar-refractivity contribution < 1.29 is 9.90 Å². The lowest BCUT2D eigenvalue weighted by Crippen LogP contribution is -2.14. The van der Waals surface area contributed by atoms with Crippen molar-refractivity contribution in [3.63, 3.8) is 0 Å². The number of carbonyl (C=O) groups excluding carboxylic acids is 1. The molecule has 0 aromatic heterocycles. The molecule has 0 aliphatic heterocycles. The summed E-state index contributed by atoms with van der Waals surface area (Å²) in [7, 11) is 0. The molecule has 0 spiro atoms. The van der Waals surface area contributed by atoms with Crippen molar-refractivity contribution in [1.82, 2.24) is 0 Å². The van der Waals surface area contributed by atoms with Gasteiger partial charge < -0.3 is 5.11 Å². The number of aliphatic hydroxyl groups excluding tert-OH is 1. The van der Waals surface area contributed by atoms with Crippen molar-refractivity contribution in [2.45, 2.75) is 26.2 Å². The molecule has 1 saturated carbocycles. The Morgan fingerprint density at radius 2 is 2.36 bits per heavy atom. The molecule has 1 rings (SSSR count). The third-order valence-electron chi connectivity index (χ3n) is 2.90. The van der Waals surface area contributed by atoms with Crippen LogP contribution in [0.3, 0.4) is 0 Å². The first kappa shape index (κ1) is 11.2. The van der Waals surface area contributed by atoms with E-state index in [2.05, 4.69) is 6.58 Å². The van der Waals surface area contributed by atoms with Crippen molar-refractivity contribution in [3.8, 4) is 0 Å². The zero-order chi connectivity index (χ0) is 10.6. The first-order chi connectivity index (χ1) is 6.66. The molecule has 0 aromatic rings. The summed E-state index contributed by atoms with van der Waals surface area (Å²) >= 11 is 0. The summed E-state index contributed by atoms with van der Waals surface area (Å²) in [6.45, 7) is 5.97. The largest absolute Gasteiger partial charge is 0.392 e. The van der Waals surface area contributed by atoms with Crippen LogP contribution in [-0.4, -0.2) is 17.5 Å². The van der Waals surface area contributed by atoms with Crippen molar-refractivity contribution in [3.05, 3.63) is 24.3 Å². The van der Waals surface area contributed by atoms with Gasteiger partial charge in [0.1, 0.15) is 5.78 Å². The molecule has 0 unspecified atom stereocenters. The molecule has 14 heavy (non-hydrogen) atoms. The minimum absolute atomic E-state index is 0.0542. The minimum Gasteiger partial charge on any atom is -0.392 e. The van der Waals surface area contributed by atoms with E-state index in [1.807, 2.05) is 13.0 Å². The van der Waals surface area contributed by atoms with Crippen LogP contribution in [0.4, 0.5) is 0 Å². The van der Waals surface area contributed by atoms with Gasteiger partial charge in [0.15, 0.2) is 0 Å². The molecule has 0 aromatic carbocycles. The molecule has 0 radical (unpaired) electrons. The number of allylic oxidation sites excluding steroid dienone is 2. The molecule has 0 heterocycles. The highest BCUT2D eigenvalue weighted by Gasteiger charge is 2.33. The van der Waals surface area contributed by atoms with Gasteiger partial charge in [-0.2, -0.15) is 0 Å². The summed E-state index contributed by atoms with van der Waals surface area (Å²) in [5.41, 5.74) is 1.11. The van der Waals surface area contributed by atoms with Gasteiger partial charge in [0, 0.05) is 12.3 Å². The Kier molecular flexibility index (Phi) is 4.08. The summed E-state index contributed by atoms with van der Waals surface area (Å²) in [6.07, 6.45) is 5.97. The summed E-state index contributed by atoms with van der Waals surface area (Å²) in [6, 6.07) is 0. The summed E-state index contributed by atoms with van der Waals surface area (Å²) in [5.74, 6) is 0.807. The number of Topliss-reactive ketones (excluding diaryl/α,β-unsaturated/α-hetero) is 1. The minimum atomic E-state index is 0.0542. The second-order valence-electron chi connectivity index (χ2n) is 3.95. The molecule has 0 amide bonds. The first-order valence-corrected chi connectivity index (χ1v) is 5.10. The van der Waals surface area contributed by atoms with Crippen LogP contribution >= 0.6 is 0 Å². The molecule has 2 nitrogen and oxygen atoms in total. The molecular formula is C12H18O2. The Morgan fingerprint density at radius 1 is 1.64 bits per heavy atom. The van der Waals surface area contributed by atoms with E-state index in [0.717, 1.165) is 18.4 Å². The molecule has 2 atom stereocenters. The predicted molar refractivity (Wildman–Crippen MR) is 56.9 cm³/mol. The molecule has 1 aliphatic carbocycles. The van der Waals surface area contributed by atoms with Crippen LogP contribution in [0.2, 0.25) is 0 Å². The van der Waals surface area contributed by atoms with Gasteiger partial charge in [0.2, 0.25) is 0 Å². The quantitative estimate of drug-likeness (QED) is 0.696. The second kappa shape index (κ2) is 5.11. The van der Waals surface area contributed by atoms with Crippen LogP contribution in [0.5, 0.6) is 0 Å². The van der Waals surface area contributed by atoms with Gasteiger partial charge in [-0.15, -0.1) is 0 Å². The van der Waals surface area contributed by atoms with Gasteiger partial charge in [-0.25, -0.2) is 0 Å². The third kappa shape index (κ3) is 2.55. The standard InChI is InChI=1S/C12H18O2/c1-9(2)10-6-7-12(14)11(10)5-3-4-8-13/h3-4,10-11,13H,1,5-8H2,2H3/b4-3-/t10-,11+/m1/s1. The Labute approximate surface area is 85.3 Å².